The van der Waals surface area contributed by atoms with Crippen molar-refractivity contribution in [3.63, 3.8) is 0 Å². The van der Waals surface area contributed by atoms with Crippen LogP contribution in [-0.4, -0.2) is 56.3 Å². The third-order valence-electron chi connectivity index (χ3n) is 4.28. The van der Waals surface area contributed by atoms with Crippen LogP contribution < -0.4 is 4.65 Å². The van der Waals surface area contributed by atoms with Gasteiger partial charge in [0.2, 0.25) is 10.0 Å². The SMILES string of the molecule is CC(=O)c1cccc2c1OB(O)[C@@H](CC(=O)CCS(=O)(=O)N(C)C)C2. The third kappa shape index (κ3) is 4.68. The molecule has 0 radical (unpaired) electrons. The Morgan fingerprint density at radius 3 is 2.64 bits per heavy atom. The molecular formula is C16H22BNO6S. The van der Waals surface area contributed by atoms with Gasteiger partial charge in [-0.05, 0) is 25.0 Å². The monoisotopic (exact) mass is 367 g/mol. The molecule has 0 bridgehead atoms. The average molecular weight is 367 g/mol. The van der Waals surface area contributed by atoms with Crippen LogP contribution in [0.15, 0.2) is 18.2 Å². The molecule has 0 spiro atoms. The van der Waals surface area contributed by atoms with Gasteiger partial charge in [-0.2, -0.15) is 0 Å². The quantitative estimate of drug-likeness (QED) is 0.568. The van der Waals surface area contributed by atoms with E-state index in [1.165, 1.54) is 21.0 Å². The standard InChI is InChI=1S/C16H22BNO6S/c1-11(19)15-6-4-5-12-9-13(17(21)24-16(12)15)10-14(20)7-8-25(22,23)18(2)3/h4-6,13,21H,7-10H2,1-3H3/t13-/m1/s1. The van der Waals surface area contributed by atoms with Crippen molar-refractivity contribution < 1.29 is 27.7 Å². The highest BCUT2D eigenvalue weighted by Crippen LogP contribution is 2.36. The topological polar surface area (TPSA) is 101 Å². The third-order valence-corrected chi connectivity index (χ3v) is 6.12. The fourth-order valence-corrected chi connectivity index (χ4v) is 3.61. The first-order valence-corrected chi connectivity index (χ1v) is 9.62. The molecule has 0 aliphatic carbocycles. The maximum absolute atomic E-state index is 12.1. The van der Waals surface area contributed by atoms with E-state index in [0.717, 1.165) is 9.87 Å². The number of carbonyl (C=O) groups excluding carboxylic acids is 2. The summed E-state index contributed by atoms with van der Waals surface area (Å²) in [6.07, 6.45) is 0.307. The maximum Gasteiger partial charge on any atom is 0.526 e. The summed E-state index contributed by atoms with van der Waals surface area (Å²) in [5, 5.41) is 10.2. The molecule has 0 saturated carbocycles. The fourth-order valence-electron chi connectivity index (χ4n) is 2.76. The van der Waals surface area contributed by atoms with Gasteiger partial charge in [-0.25, -0.2) is 12.7 Å². The number of nitrogens with zero attached hydrogens (tertiary/aromatic N) is 1. The number of fused-ring (bicyclic) bond motifs is 1. The molecule has 9 heteroatoms. The van der Waals surface area contributed by atoms with E-state index < -0.39 is 23.0 Å². The van der Waals surface area contributed by atoms with E-state index in [2.05, 4.69) is 0 Å². The van der Waals surface area contributed by atoms with Gasteiger partial charge < -0.3 is 9.68 Å². The van der Waals surface area contributed by atoms with Gasteiger partial charge in [0.15, 0.2) is 5.78 Å². The van der Waals surface area contributed by atoms with Crippen molar-refractivity contribution in [1.29, 1.82) is 0 Å². The van der Waals surface area contributed by atoms with Crippen molar-refractivity contribution in [2.24, 2.45) is 0 Å². The van der Waals surface area contributed by atoms with Gasteiger partial charge in [0.05, 0.1) is 11.3 Å². The normalized spacial score (nSPS) is 17.2. The first-order valence-electron chi connectivity index (χ1n) is 8.01. The van der Waals surface area contributed by atoms with Crippen LogP contribution >= 0.6 is 0 Å². The molecule has 0 fully saturated rings. The summed E-state index contributed by atoms with van der Waals surface area (Å²) in [5.74, 6) is -0.768. The highest BCUT2D eigenvalue weighted by Gasteiger charge is 2.37. The summed E-state index contributed by atoms with van der Waals surface area (Å²) in [4.78, 5) is 23.8. The molecule has 1 heterocycles. The zero-order chi connectivity index (χ0) is 18.8. The molecule has 7 nitrogen and oxygen atoms in total. The van der Waals surface area contributed by atoms with Gasteiger partial charge in [0.25, 0.3) is 0 Å². The second kappa shape index (κ2) is 7.67. The summed E-state index contributed by atoms with van der Waals surface area (Å²) in [5.41, 5.74) is 1.16. The minimum Gasteiger partial charge on any atom is -0.535 e. The second-order valence-electron chi connectivity index (χ2n) is 6.41. The van der Waals surface area contributed by atoms with E-state index in [1.807, 2.05) is 0 Å². The molecule has 1 N–H and O–H groups in total. The Bertz CT molecular complexity index is 777. The largest absolute Gasteiger partial charge is 0.535 e. The molecule has 2 rings (SSSR count). The molecule has 1 aliphatic heterocycles. The zero-order valence-electron chi connectivity index (χ0n) is 14.6. The zero-order valence-corrected chi connectivity index (χ0v) is 15.4. The van der Waals surface area contributed by atoms with Crippen LogP contribution in [0.5, 0.6) is 5.75 Å². The summed E-state index contributed by atoms with van der Waals surface area (Å²) in [6, 6.07) is 5.16. The molecule has 1 atom stereocenters. The lowest BCUT2D eigenvalue weighted by Crippen LogP contribution is -2.36. The predicted molar refractivity (Wildman–Crippen MR) is 94.2 cm³/mol. The average Bonchev–Trinajstić information content (AvgIpc) is 2.53. The minimum absolute atomic E-state index is 0.0217. The summed E-state index contributed by atoms with van der Waals surface area (Å²) in [7, 11) is -1.80. The molecule has 1 aliphatic rings. The number of hydrogen-bond acceptors (Lipinski definition) is 6. The van der Waals surface area contributed by atoms with Crippen molar-refractivity contribution in [2.75, 3.05) is 19.8 Å². The van der Waals surface area contributed by atoms with Crippen LogP contribution in [0.4, 0.5) is 0 Å². The Hall–Kier alpha value is -1.71. The van der Waals surface area contributed by atoms with E-state index in [0.29, 0.717) is 17.7 Å². The van der Waals surface area contributed by atoms with Gasteiger partial charge in [-0.15, -0.1) is 0 Å². The minimum atomic E-state index is -3.43. The Morgan fingerprint density at radius 1 is 1.36 bits per heavy atom. The van der Waals surface area contributed by atoms with Crippen molar-refractivity contribution in [3.05, 3.63) is 29.3 Å². The number of para-hydroxylation sites is 1. The van der Waals surface area contributed by atoms with Crippen LogP contribution in [0.25, 0.3) is 0 Å². The van der Waals surface area contributed by atoms with Crippen LogP contribution in [0.1, 0.15) is 35.7 Å². The molecule has 1 aromatic carbocycles. The predicted octanol–water partition coefficient (Wildman–Crippen LogP) is 0.915. The lowest BCUT2D eigenvalue weighted by atomic mass is 9.64. The van der Waals surface area contributed by atoms with Crippen molar-refractivity contribution in [3.8, 4) is 5.75 Å². The van der Waals surface area contributed by atoms with Crippen LogP contribution in [0.3, 0.4) is 0 Å². The first kappa shape index (κ1) is 19.6. The van der Waals surface area contributed by atoms with Crippen molar-refractivity contribution >= 4 is 28.7 Å². The molecule has 0 aromatic heterocycles. The number of sulfonamides is 1. The van der Waals surface area contributed by atoms with Crippen molar-refractivity contribution in [1.82, 2.24) is 4.31 Å². The summed E-state index contributed by atoms with van der Waals surface area (Å²) in [6.45, 7) is 1.42. The number of ketones is 2. The Balaban J connectivity index is 2.04. The number of benzene rings is 1. The van der Waals surface area contributed by atoms with E-state index in [1.54, 1.807) is 18.2 Å². The van der Waals surface area contributed by atoms with Crippen LogP contribution in [0.2, 0.25) is 5.82 Å². The van der Waals surface area contributed by atoms with Gasteiger partial charge in [-0.3, -0.25) is 9.59 Å². The Kier molecular flexibility index (Phi) is 6.02. The lowest BCUT2D eigenvalue weighted by Gasteiger charge is -2.28. The fraction of sp³-hybridized carbons (Fsp3) is 0.500. The lowest BCUT2D eigenvalue weighted by molar-refractivity contribution is -0.118. The maximum atomic E-state index is 12.1. The molecule has 0 saturated heterocycles. The van der Waals surface area contributed by atoms with Crippen molar-refractivity contribution in [2.45, 2.75) is 32.0 Å². The molecular weight excluding hydrogens is 345 g/mol. The molecule has 0 unspecified atom stereocenters. The Morgan fingerprint density at radius 2 is 2.04 bits per heavy atom. The second-order valence-corrected chi connectivity index (χ2v) is 8.72. The van der Waals surface area contributed by atoms with Crippen LogP contribution in [0, 0.1) is 0 Å². The van der Waals surface area contributed by atoms with Crippen LogP contribution in [-0.2, 0) is 21.2 Å². The smallest absolute Gasteiger partial charge is 0.526 e. The number of hydrogen-bond donors (Lipinski definition) is 1. The van der Waals surface area contributed by atoms with Gasteiger partial charge in [0.1, 0.15) is 11.5 Å². The first-order chi connectivity index (χ1) is 11.6. The highest BCUT2D eigenvalue weighted by atomic mass is 32.2. The molecule has 25 heavy (non-hydrogen) atoms. The van der Waals surface area contributed by atoms with Gasteiger partial charge in [-0.1, -0.05) is 12.1 Å². The highest BCUT2D eigenvalue weighted by molar-refractivity contribution is 7.89. The Labute approximate surface area is 148 Å². The molecule has 1 aromatic rings. The van der Waals surface area contributed by atoms with Gasteiger partial charge in [0, 0.05) is 32.8 Å². The molecule has 0 amide bonds. The number of rotatable bonds is 7. The summed E-state index contributed by atoms with van der Waals surface area (Å²) < 4.78 is 30.0. The van der Waals surface area contributed by atoms with Gasteiger partial charge >= 0.3 is 7.12 Å². The number of carbonyl (C=O) groups is 2. The molecule has 136 valence electrons. The number of Topliss-reactive ketones (excluding diaryl/α,β-unsaturated/α-hetero) is 2. The summed E-state index contributed by atoms with van der Waals surface area (Å²) >= 11 is 0. The van der Waals surface area contributed by atoms with E-state index in [9.17, 15) is 23.0 Å². The van der Waals surface area contributed by atoms with E-state index >= 15 is 0 Å². The van der Waals surface area contributed by atoms with E-state index in [4.69, 9.17) is 4.65 Å². The van der Waals surface area contributed by atoms with E-state index in [-0.39, 0.29) is 30.2 Å².